The van der Waals surface area contributed by atoms with Gasteiger partial charge < -0.3 is 15.6 Å². The van der Waals surface area contributed by atoms with Crippen molar-refractivity contribution >= 4 is 15.9 Å². The average Bonchev–Trinajstić information content (AvgIpc) is 2.16. The van der Waals surface area contributed by atoms with Crippen LogP contribution in [-0.4, -0.2) is 23.7 Å². The minimum atomic E-state index is -0.736. The zero-order valence-corrected chi connectivity index (χ0v) is 8.78. The normalized spacial score (nSPS) is 12.6. The molecule has 72 valence electrons. The number of nitrogens with two attached hydrogens (primary N) is 1. The quantitative estimate of drug-likeness (QED) is 0.830. The number of ether oxygens (including phenoxy) is 1. The molecular formula is C8H11BrN2O2. The number of aromatic nitrogens is 1. The van der Waals surface area contributed by atoms with Gasteiger partial charge in [0.2, 0.25) is 5.88 Å². The van der Waals surface area contributed by atoms with E-state index in [1.165, 1.54) is 7.11 Å². The summed E-state index contributed by atoms with van der Waals surface area (Å²) in [6.45, 7) is 0.147. The molecule has 1 atom stereocenters. The minimum Gasteiger partial charge on any atom is -0.481 e. The van der Waals surface area contributed by atoms with Crippen molar-refractivity contribution in [1.29, 1.82) is 0 Å². The third-order valence-electron chi connectivity index (χ3n) is 1.62. The van der Waals surface area contributed by atoms with Gasteiger partial charge in [0, 0.05) is 22.8 Å². The van der Waals surface area contributed by atoms with Crippen molar-refractivity contribution in [2.24, 2.45) is 5.73 Å². The Morgan fingerprint density at radius 1 is 1.77 bits per heavy atom. The molecule has 1 aromatic rings. The van der Waals surface area contributed by atoms with Crippen LogP contribution >= 0.6 is 15.9 Å². The van der Waals surface area contributed by atoms with E-state index in [4.69, 9.17) is 10.5 Å². The second-order valence-corrected chi connectivity index (χ2v) is 3.42. The van der Waals surface area contributed by atoms with E-state index in [0.717, 1.165) is 4.47 Å². The molecule has 5 heteroatoms. The number of aliphatic hydroxyl groups is 1. The van der Waals surface area contributed by atoms with Gasteiger partial charge in [-0.3, -0.25) is 0 Å². The summed E-state index contributed by atoms with van der Waals surface area (Å²) in [7, 11) is 1.50. The molecule has 0 radical (unpaired) electrons. The molecule has 0 saturated carbocycles. The van der Waals surface area contributed by atoms with Gasteiger partial charge in [0.15, 0.2) is 0 Å². The maximum atomic E-state index is 9.50. The van der Waals surface area contributed by atoms with Crippen LogP contribution in [0.1, 0.15) is 11.7 Å². The number of aliphatic hydroxyl groups excluding tert-OH is 1. The topological polar surface area (TPSA) is 68.4 Å². The van der Waals surface area contributed by atoms with Gasteiger partial charge in [0.25, 0.3) is 0 Å². The summed E-state index contributed by atoms with van der Waals surface area (Å²) in [6.07, 6.45) is 0.867. The number of nitrogens with zero attached hydrogens (tertiary/aromatic N) is 1. The first-order valence-electron chi connectivity index (χ1n) is 3.76. The van der Waals surface area contributed by atoms with Crippen molar-refractivity contribution < 1.29 is 9.84 Å². The summed E-state index contributed by atoms with van der Waals surface area (Å²) in [5.41, 5.74) is 5.93. The highest BCUT2D eigenvalue weighted by molar-refractivity contribution is 9.10. The third kappa shape index (κ3) is 2.40. The standard InChI is InChI=1S/C8H11BrN2O2/c1-13-8-6(7(12)3-10)2-5(9)4-11-8/h2,4,7,12H,3,10H2,1H3/t7-/m1/s1. The average molecular weight is 247 g/mol. The first-order chi connectivity index (χ1) is 6.19. The lowest BCUT2D eigenvalue weighted by atomic mass is 10.1. The molecule has 0 aromatic carbocycles. The van der Waals surface area contributed by atoms with Gasteiger partial charge in [-0.25, -0.2) is 4.98 Å². The van der Waals surface area contributed by atoms with Crippen molar-refractivity contribution in [2.45, 2.75) is 6.10 Å². The van der Waals surface area contributed by atoms with Gasteiger partial charge in [-0.15, -0.1) is 0 Å². The number of halogens is 1. The van der Waals surface area contributed by atoms with Gasteiger partial charge in [-0.2, -0.15) is 0 Å². The lowest BCUT2D eigenvalue weighted by molar-refractivity contribution is 0.181. The fraction of sp³-hybridized carbons (Fsp3) is 0.375. The first kappa shape index (κ1) is 10.4. The molecule has 0 amide bonds. The van der Waals surface area contributed by atoms with Crippen LogP contribution in [0.5, 0.6) is 5.88 Å². The van der Waals surface area contributed by atoms with Gasteiger partial charge in [-0.05, 0) is 22.0 Å². The fourth-order valence-corrected chi connectivity index (χ4v) is 1.33. The van der Waals surface area contributed by atoms with Gasteiger partial charge in [0.1, 0.15) is 0 Å². The molecule has 0 aliphatic heterocycles. The van der Waals surface area contributed by atoms with Crippen LogP contribution in [0.4, 0.5) is 0 Å². The Labute approximate surface area is 84.9 Å². The van der Waals surface area contributed by atoms with Crippen LogP contribution in [-0.2, 0) is 0 Å². The highest BCUT2D eigenvalue weighted by atomic mass is 79.9. The summed E-state index contributed by atoms with van der Waals surface area (Å²) in [5.74, 6) is 0.404. The lowest BCUT2D eigenvalue weighted by Gasteiger charge is -2.11. The Bertz CT molecular complexity index is 293. The van der Waals surface area contributed by atoms with E-state index in [2.05, 4.69) is 20.9 Å². The highest BCUT2D eigenvalue weighted by Gasteiger charge is 2.12. The molecule has 1 aromatic heterocycles. The number of hydrogen-bond acceptors (Lipinski definition) is 4. The van der Waals surface area contributed by atoms with E-state index in [-0.39, 0.29) is 6.54 Å². The summed E-state index contributed by atoms with van der Waals surface area (Å²) in [4.78, 5) is 3.98. The zero-order valence-electron chi connectivity index (χ0n) is 7.20. The van der Waals surface area contributed by atoms with Crippen LogP contribution in [0.2, 0.25) is 0 Å². The van der Waals surface area contributed by atoms with E-state index >= 15 is 0 Å². The molecule has 0 fully saturated rings. The van der Waals surface area contributed by atoms with Crippen LogP contribution in [0.15, 0.2) is 16.7 Å². The Balaban J connectivity index is 3.07. The molecule has 4 nitrogen and oxygen atoms in total. The fourth-order valence-electron chi connectivity index (χ4n) is 0.979. The molecule has 0 spiro atoms. The largest absolute Gasteiger partial charge is 0.481 e. The smallest absolute Gasteiger partial charge is 0.219 e. The van der Waals surface area contributed by atoms with E-state index in [9.17, 15) is 5.11 Å². The minimum absolute atomic E-state index is 0.147. The van der Waals surface area contributed by atoms with E-state index in [0.29, 0.717) is 11.4 Å². The molecule has 1 rings (SSSR count). The Morgan fingerprint density at radius 3 is 3.00 bits per heavy atom. The molecule has 1 heterocycles. The molecule has 13 heavy (non-hydrogen) atoms. The molecule has 0 aliphatic rings. The Hall–Kier alpha value is -0.650. The van der Waals surface area contributed by atoms with Crippen molar-refractivity contribution in [1.82, 2.24) is 4.98 Å². The lowest BCUT2D eigenvalue weighted by Crippen LogP contribution is -2.13. The maximum absolute atomic E-state index is 9.50. The third-order valence-corrected chi connectivity index (χ3v) is 2.05. The maximum Gasteiger partial charge on any atom is 0.219 e. The van der Waals surface area contributed by atoms with Crippen LogP contribution in [0, 0.1) is 0 Å². The summed E-state index contributed by atoms with van der Waals surface area (Å²) < 4.78 is 5.76. The zero-order chi connectivity index (χ0) is 9.84. The summed E-state index contributed by atoms with van der Waals surface area (Å²) >= 11 is 3.25. The number of hydrogen-bond donors (Lipinski definition) is 2. The van der Waals surface area contributed by atoms with Crippen molar-refractivity contribution in [3.63, 3.8) is 0 Å². The number of rotatable bonds is 3. The molecule has 0 bridgehead atoms. The molecule has 0 unspecified atom stereocenters. The van der Waals surface area contributed by atoms with Crippen molar-refractivity contribution in [2.75, 3.05) is 13.7 Å². The first-order valence-corrected chi connectivity index (χ1v) is 4.56. The van der Waals surface area contributed by atoms with E-state index in [1.807, 2.05) is 0 Å². The second-order valence-electron chi connectivity index (χ2n) is 2.50. The van der Waals surface area contributed by atoms with Crippen LogP contribution in [0.25, 0.3) is 0 Å². The summed E-state index contributed by atoms with van der Waals surface area (Å²) in [6, 6.07) is 1.74. The second kappa shape index (κ2) is 4.55. The van der Waals surface area contributed by atoms with Gasteiger partial charge in [0.05, 0.1) is 13.2 Å². The predicted molar refractivity (Wildman–Crippen MR) is 52.5 cm³/mol. The van der Waals surface area contributed by atoms with Crippen LogP contribution in [0.3, 0.4) is 0 Å². The van der Waals surface area contributed by atoms with E-state index < -0.39 is 6.10 Å². The van der Waals surface area contributed by atoms with Crippen molar-refractivity contribution in [3.8, 4) is 5.88 Å². The highest BCUT2D eigenvalue weighted by Crippen LogP contribution is 2.25. The SMILES string of the molecule is COc1ncc(Br)cc1[C@H](O)CN. The van der Waals surface area contributed by atoms with E-state index in [1.54, 1.807) is 12.3 Å². The molecule has 0 saturated heterocycles. The predicted octanol–water partition coefficient (Wildman–Crippen LogP) is 0.845. The number of methoxy groups -OCH3 is 1. The Kier molecular flexibility index (Phi) is 3.65. The van der Waals surface area contributed by atoms with Gasteiger partial charge in [-0.1, -0.05) is 0 Å². The molecular weight excluding hydrogens is 236 g/mol. The Morgan fingerprint density at radius 2 is 2.46 bits per heavy atom. The van der Waals surface area contributed by atoms with Crippen molar-refractivity contribution in [3.05, 3.63) is 22.3 Å². The molecule has 0 aliphatic carbocycles. The number of pyridine rings is 1. The summed E-state index contributed by atoms with van der Waals surface area (Å²) in [5, 5.41) is 9.50. The van der Waals surface area contributed by atoms with Crippen LogP contribution < -0.4 is 10.5 Å². The van der Waals surface area contributed by atoms with Gasteiger partial charge >= 0.3 is 0 Å². The monoisotopic (exact) mass is 246 g/mol. The molecule has 3 N–H and O–H groups in total.